The van der Waals surface area contributed by atoms with Crippen molar-refractivity contribution in [2.75, 3.05) is 0 Å². The van der Waals surface area contributed by atoms with Crippen LogP contribution < -0.4 is 5.56 Å². The molecular weight excluding hydrogens is 503 g/mol. The Labute approximate surface area is 214 Å². The molecule has 0 saturated heterocycles. The Bertz CT molecular complexity index is 1520. The number of halogens is 3. The summed E-state index contributed by atoms with van der Waals surface area (Å²) in [6.07, 6.45) is -2.41. The van der Waals surface area contributed by atoms with Crippen LogP contribution in [0.4, 0.5) is 13.2 Å². The zero-order valence-corrected chi connectivity index (χ0v) is 20.3. The molecule has 1 aliphatic rings. The van der Waals surface area contributed by atoms with E-state index in [4.69, 9.17) is 4.74 Å². The number of carboxylic acids is 1. The molecule has 9 nitrogen and oxygen atoms in total. The van der Waals surface area contributed by atoms with Crippen LogP contribution in [-0.2, 0) is 28.9 Å². The molecule has 1 aliphatic carbocycles. The zero-order chi connectivity index (χ0) is 27.0. The number of H-pyrrole nitrogens is 1. The smallest absolute Gasteiger partial charge is 0.433 e. The molecule has 0 aliphatic heterocycles. The van der Waals surface area contributed by atoms with Gasteiger partial charge in [-0.2, -0.15) is 18.3 Å². The van der Waals surface area contributed by atoms with Crippen LogP contribution in [0.3, 0.4) is 0 Å². The standard InChI is InChI=1S/C26H24F3N5O4/c1-14(16-7-10-20(30-11-16)26(27,28)29)34-23-21(19(33-34)13-38-12-15-5-3-2-4-6-15)24(35)32-22(31-23)17-8-9-18(17)25(36)37/h2-7,10-11,14,17-18H,8-9,12-13H2,1H3,(H,36,37)(H,31,32,35). The highest BCUT2D eigenvalue weighted by molar-refractivity contribution is 5.78. The van der Waals surface area contributed by atoms with Gasteiger partial charge in [0.25, 0.3) is 5.56 Å². The van der Waals surface area contributed by atoms with Gasteiger partial charge in [-0.3, -0.25) is 14.6 Å². The summed E-state index contributed by atoms with van der Waals surface area (Å²) < 4.78 is 46.3. The number of benzene rings is 1. The average molecular weight is 528 g/mol. The molecule has 4 aromatic rings. The van der Waals surface area contributed by atoms with Crippen LogP contribution in [0.5, 0.6) is 0 Å². The lowest BCUT2D eigenvalue weighted by Gasteiger charge is -2.32. The number of alkyl halides is 3. The molecule has 12 heteroatoms. The number of ether oxygens (including phenoxy) is 1. The van der Waals surface area contributed by atoms with Crippen molar-refractivity contribution in [3.05, 3.63) is 87.4 Å². The molecule has 1 aromatic carbocycles. The van der Waals surface area contributed by atoms with E-state index >= 15 is 0 Å². The number of fused-ring (bicyclic) bond motifs is 1. The summed E-state index contributed by atoms with van der Waals surface area (Å²) in [4.78, 5) is 35.7. The summed E-state index contributed by atoms with van der Waals surface area (Å²) in [5.41, 5.74) is 0.366. The number of nitrogens with one attached hydrogen (secondary N) is 1. The van der Waals surface area contributed by atoms with E-state index in [1.807, 2.05) is 30.3 Å². The van der Waals surface area contributed by atoms with Gasteiger partial charge in [-0.25, -0.2) is 9.67 Å². The summed E-state index contributed by atoms with van der Waals surface area (Å²) in [6.45, 7) is 1.97. The van der Waals surface area contributed by atoms with Crippen LogP contribution in [-0.4, -0.2) is 35.8 Å². The third kappa shape index (κ3) is 4.91. The van der Waals surface area contributed by atoms with Gasteiger partial charge in [-0.05, 0) is 37.0 Å². The molecular formula is C26H24F3N5O4. The highest BCUT2D eigenvalue weighted by atomic mass is 19.4. The van der Waals surface area contributed by atoms with E-state index in [2.05, 4.69) is 20.1 Å². The molecule has 1 saturated carbocycles. The van der Waals surface area contributed by atoms with E-state index in [-0.39, 0.29) is 30.1 Å². The summed E-state index contributed by atoms with van der Waals surface area (Å²) in [7, 11) is 0. The number of aliphatic carboxylic acids is 1. The summed E-state index contributed by atoms with van der Waals surface area (Å²) in [5, 5.41) is 14.2. The van der Waals surface area contributed by atoms with Gasteiger partial charge in [-0.1, -0.05) is 36.4 Å². The van der Waals surface area contributed by atoms with Gasteiger partial charge < -0.3 is 14.8 Å². The third-order valence-corrected chi connectivity index (χ3v) is 6.87. The molecule has 3 atom stereocenters. The first-order chi connectivity index (χ1) is 18.1. The molecule has 0 radical (unpaired) electrons. The first-order valence-corrected chi connectivity index (χ1v) is 12.0. The highest BCUT2D eigenvalue weighted by Crippen LogP contribution is 2.41. The number of carbonyl (C=O) groups is 1. The van der Waals surface area contributed by atoms with Crippen LogP contribution in [0.2, 0.25) is 0 Å². The van der Waals surface area contributed by atoms with Crippen molar-refractivity contribution in [1.29, 1.82) is 0 Å². The van der Waals surface area contributed by atoms with Gasteiger partial charge in [0.1, 0.15) is 22.6 Å². The molecule has 3 unspecified atom stereocenters. The van der Waals surface area contributed by atoms with Crippen molar-refractivity contribution < 1.29 is 27.8 Å². The SMILES string of the molecule is CC(c1ccc(C(F)(F)F)nc1)n1nc(COCc2ccccc2)c2c(=O)[nH]c(C3CCC3C(=O)O)nc21. The van der Waals surface area contributed by atoms with Crippen LogP contribution >= 0.6 is 0 Å². The molecule has 0 bridgehead atoms. The van der Waals surface area contributed by atoms with E-state index in [1.54, 1.807) is 6.92 Å². The van der Waals surface area contributed by atoms with Gasteiger partial charge in [0.2, 0.25) is 0 Å². The molecule has 5 rings (SSSR count). The van der Waals surface area contributed by atoms with Crippen LogP contribution in [0.1, 0.15) is 60.1 Å². The van der Waals surface area contributed by atoms with Crippen molar-refractivity contribution in [2.24, 2.45) is 5.92 Å². The second-order valence-electron chi connectivity index (χ2n) is 9.30. The van der Waals surface area contributed by atoms with Gasteiger partial charge in [0, 0.05) is 12.1 Å². The van der Waals surface area contributed by atoms with E-state index in [0.29, 0.717) is 24.1 Å². The Kier molecular flexibility index (Phi) is 6.74. The predicted molar refractivity (Wildman–Crippen MR) is 129 cm³/mol. The Morgan fingerprint density at radius 3 is 2.55 bits per heavy atom. The van der Waals surface area contributed by atoms with Crippen LogP contribution in [0.25, 0.3) is 11.0 Å². The number of hydrogen-bond donors (Lipinski definition) is 2. The second kappa shape index (κ2) is 10.0. The van der Waals surface area contributed by atoms with E-state index in [9.17, 15) is 27.9 Å². The first-order valence-electron chi connectivity index (χ1n) is 12.0. The van der Waals surface area contributed by atoms with Gasteiger partial charge >= 0.3 is 12.1 Å². The largest absolute Gasteiger partial charge is 0.481 e. The number of carboxylic acid groups (broad SMARTS) is 1. The Morgan fingerprint density at radius 2 is 1.95 bits per heavy atom. The van der Waals surface area contributed by atoms with Gasteiger partial charge in [0.15, 0.2) is 5.65 Å². The van der Waals surface area contributed by atoms with Crippen molar-refractivity contribution in [1.82, 2.24) is 24.7 Å². The van der Waals surface area contributed by atoms with Crippen LogP contribution in [0.15, 0.2) is 53.5 Å². The molecule has 198 valence electrons. The molecule has 2 N–H and O–H groups in total. The van der Waals surface area contributed by atoms with E-state index in [1.165, 1.54) is 10.7 Å². The number of aromatic amines is 1. The van der Waals surface area contributed by atoms with Crippen molar-refractivity contribution >= 4 is 17.0 Å². The van der Waals surface area contributed by atoms with Crippen LogP contribution in [0, 0.1) is 5.92 Å². The second-order valence-corrected chi connectivity index (χ2v) is 9.30. The lowest BCUT2D eigenvalue weighted by Crippen LogP contribution is -2.33. The molecule has 3 heterocycles. The quantitative estimate of drug-likeness (QED) is 0.347. The predicted octanol–water partition coefficient (Wildman–Crippen LogP) is 4.44. The molecule has 1 fully saturated rings. The maximum atomic E-state index is 13.2. The molecule has 3 aromatic heterocycles. The molecule has 0 amide bonds. The zero-order valence-electron chi connectivity index (χ0n) is 20.3. The molecule has 0 spiro atoms. The fourth-order valence-corrected chi connectivity index (χ4v) is 4.60. The lowest BCUT2D eigenvalue weighted by atomic mass is 9.73. The summed E-state index contributed by atoms with van der Waals surface area (Å²) in [5.74, 6) is -1.82. The average Bonchev–Trinajstić information content (AvgIpc) is 3.21. The van der Waals surface area contributed by atoms with Gasteiger partial charge in [-0.15, -0.1) is 0 Å². The summed E-state index contributed by atoms with van der Waals surface area (Å²) >= 11 is 0. The number of nitrogens with zero attached hydrogens (tertiary/aromatic N) is 4. The maximum Gasteiger partial charge on any atom is 0.433 e. The minimum absolute atomic E-state index is 0.0122. The number of aromatic nitrogens is 5. The molecule has 38 heavy (non-hydrogen) atoms. The minimum Gasteiger partial charge on any atom is -0.481 e. The van der Waals surface area contributed by atoms with E-state index < -0.39 is 41.3 Å². The maximum absolute atomic E-state index is 13.2. The Morgan fingerprint density at radius 1 is 1.18 bits per heavy atom. The highest BCUT2D eigenvalue weighted by Gasteiger charge is 2.40. The number of hydrogen-bond acceptors (Lipinski definition) is 6. The minimum atomic E-state index is -4.57. The first kappa shape index (κ1) is 25.6. The lowest BCUT2D eigenvalue weighted by molar-refractivity contribution is -0.145. The fourth-order valence-electron chi connectivity index (χ4n) is 4.60. The van der Waals surface area contributed by atoms with Crippen molar-refractivity contribution in [3.8, 4) is 0 Å². The topological polar surface area (TPSA) is 123 Å². The Balaban J connectivity index is 1.53. The number of rotatable bonds is 8. The fraction of sp³-hybridized carbons (Fsp3) is 0.346. The monoisotopic (exact) mass is 527 g/mol. The van der Waals surface area contributed by atoms with Gasteiger partial charge in [0.05, 0.1) is 25.2 Å². The number of pyridine rings is 1. The normalized spacial score (nSPS) is 18.3. The third-order valence-electron chi connectivity index (χ3n) is 6.87. The van der Waals surface area contributed by atoms with Crippen molar-refractivity contribution in [3.63, 3.8) is 0 Å². The van der Waals surface area contributed by atoms with Crippen molar-refractivity contribution in [2.45, 2.75) is 51.1 Å². The summed E-state index contributed by atoms with van der Waals surface area (Å²) in [6, 6.07) is 11.0. The van der Waals surface area contributed by atoms with E-state index in [0.717, 1.165) is 17.8 Å². The Hall–Kier alpha value is -4.06.